The average molecular weight is 428 g/mol. The minimum absolute atomic E-state index is 0. The summed E-state index contributed by atoms with van der Waals surface area (Å²) in [6.45, 7) is 2.13. The first kappa shape index (κ1) is 20.5. The number of para-hydroxylation sites is 2. The molecule has 0 fully saturated rings. The van der Waals surface area contributed by atoms with E-state index in [4.69, 9.17) is 0 Å². The van der Waals surface area contributed by atoms with Crippen molar-refractivity contribution in [1.29, 1.82) is 0 Å². The molecule has 2 aromatic carbocycles. The number of nitrogens with zero attached hydrogens (tertiary/aromatic N) is 3. The fourth-order valence-electron chi connectivity index (χ4n) is 1.82. The zero-order valence-electron chi connectivity index (χ0n) is 13.7. The number of aromatic nitrogens is 1. The largest absolute Gasteiger partial charge is 0.506 e. The number of hydrogen-bond donors (Lipinski definition) is 2. The van der Waals surface area contributed by atoms with Crippen molar-refractivity contribution in [2.75, 3.05) is 0 Å². The molecule has 3 aromatic rings. The molecule has 0 aliphatic heterocycles. The molecule has 0 amide bonds. The van der Waals surface area contributed by atoms with Gasteiger partial charge in [0, 0.05) is 32.8 Å². The summed E-state index contributed by atoms with van der Waals surface area (Å²) in [5.74, 6) is 0.114. The molecule has 0 aliphatic carbocycles. The molecular weight excluding hydrogens is 409 g/mol. The Kier molecular flexibility index (Phi) is 9.09. The molecule has 1 aromatic heterocycles. The normalized spacial score (nSPS) is 9.80. The molecule has 2 N–H and O–H groups in total. The molecular formula is C19H19N3O2Pd. The Bertz CT molecular complexity index is 748. The molecule has 1 heterocycles. The van der Waals surface area contributed by atoms with Crippen LogP contribution in [0.25, 0.3) is 0 Å². The summed E-state index contributed by atoms with van der Waals surface area (Å²) in [6.07, 6.45) is 4.74. The van der Waals surface area contributed by atoms with E-state index < -0.39 is 0 Å². The van der Waals surface area contributed by atoms with Crippen LogP contribution >= 0.6 is 0 Å². The van der Waals surface area contributed by atoms with Crippen molar-refractivity contribution < 1.29 is 30.6 Å². The van der Waals surface area contributed by atoms with Crippen LogP contribution in [0.4, 0.5) is 11.4 Å². The number of aromatic hydroxyl groups is 2. The van der Waals surface area contributed by atoms with E-state index in [0.29, 0.717) is 11.4 Å². The van der Waals surface area contributed by atoms with Crippen LogP contribution in [0.1, 0.15) is 12.5 Å². The van der Waals surface area contributed by atoms with Gasteiger partial charge in [-0.25, -0.2) is 0 Å². The third-order valence-corrected chi connectivity index (χ3v) is 3.19. The quantitative estimate of drug-likeness (QED) is 0.448. The van der Waals surface area contributed by atoms with E-state index in [-0.39, 0.29) is 31.9 Å². The minimum atomic E-state index is 0. The van der Waals surface area contributed by atoms with Gasteiger partial charge in [-0.05, 0) is 48.4 Å². The molecule has 0 radical (unpaired) electrons. The Labute approximate surface area is 160 Å². The van der Waals surface area contributed by atoms with Crippen LogP contribution in [-0.4, -0.2) is 15.2 Å². The monoisotopic (exact) mass is 427 g/mol. The number of azo groups is 1. The fourth-order valence-corrected chi connectivity index (χ4v) is 1.82. The first-order valence-electron chi connectivity index (χ1n) is 7.57. The van der Waals surface area contributed by atoms with Gasteiger partial charge in [0.1, 0.15) is 22.9 Å². The van der Waals surface area contributed by atoms with Gasteiger partial charge in [-0.2, -0.15) is 0 Å². The van der Waals surface area contributed by atoms with Gasteiger partial charge in [0.15, 0.2) is 0 Å². The summed E-state index contributed by atoms with van der Waals surface area (Å²) >= 11 is 0. The van der Waals surface area contributed by atoms with Gasteiger partial charge in [0.05, 0.1) is 0 Å². The summed E-state index contributed by atoms with van der Waals surface area (Å²) in [7, 11) is 0. The van der Waals surface area contributed by atoms with E-state index >= 15 is 0 Å². The molecule has 0 saturated carbocycles. The second-order valence-corrected chi connectivity index (χ2v) is 4.89. The van der Waals surface area contributed by atoms with Crippen LogP contribution in [-0.2, 0) is 26.8 Å². The van der Waals surface area contributed by atoms with E-state index in [9.17, 15) is 10.2 Å². The third-order valence-electron chi connectivity index (χ3n) is 3.19. The molecule has 0 aliphatic rings. The maximum atomic E-state index is 9.44. The van der Waals surface area contributed by atoms with Crippen molar-refractivity contribution in [3.63, 3.8) is 0 Å². The van der Waals surface area contributed by atoms with E-state index in [1.54, 1.807) is 36.4 Å². The van der Waals surface area contributed by atoms with Gasteiger partial charge in [-0.1, -0.05) is 31.2 Å². The van der Waals surface area contributed by atoms with Gasteiger partial charge in [0.2, 0.25) is 0 Å². The van der Waals surface area contributed by atoms with E-state index in [1.807, 2.05) is 24.5 Å². The third kappa shape index (κ3) is 6.84. The molecule has 0 atom stereocenters. The van der Waals surface area contributed by atoms with Crippen molar-refractivity contribution in [2.24, 2.45) is 10.2 Å². The van der Waals surface area contributed by atoms with Crippen molar-refractivity contribution in [3.8, 4) is 11.5 Å². The van der Waals surface area contributed by atoms with Crippen LogP contribution in [0.2, 0.25) is 0 Å². The van der Waals surface area contributed by atoms with Crippen molar-refractivity contribution in [3.05, 3.63) is 78.6 Å². The molecule has 0 unspecified atom stereocenters. The molecule has 5 nitrogen and oxygen atoms in total. The topological polar surface area (TPSA) is 78.1 Å². The van der Waals surface area contributed by atoms with Gasteiger partial charge in [0.25, 0.3) is 0 Å². The fraction of sp³-hybridized carbons (Fsp3) is 0.105. The van der Waals surface area contributed by atoms with Crippen molar-refractivity contribution >= 4 is 11.4 Å². The predicted octanol–water partition coefficient (Wildman–Crippen LogP) is 5.15. The number of aryl methyl sites for hydroxylation is 1. The molecule has 0 bridgehead atoms. The van der Waals surface area contributed by atoms with Crippen LogP contribution < -0.4 is 0 Å². The summed E-state index contributed by atoms with van der Waals surface area (Å²) < 4.78 is 0. The van der Waals surface area contributed by atoms with E-state index in [2.05, 4.69) is 22.1 Å². The Balaban J connectivity index is 0.000000295. The summed E-state index contributed by atoms with van der Waals surface area (Å²) in [4.78, 5) is 3.89. The number of rotatable bonds is 3. The minimum Gasteiger partial charge on any atom is -0.506 e. The number of phenolic OH excluding ortho intramolecular Hbond substituents is 2. The number of phenols is 2. The van der Waals surface area contributed by atoms with E-state index in [1.165, 1.54) is 17.7 Å². The first-order valence-corrected chi connectivity index (χ1v) is 7.57. The van der Waals surface area contributed by atoms with E-state index in [0.717, 1.165) is 6.42 Å². The van der Waals surface area contributed by atoms with Crippen LogP contribution in [0.15, 0.2) is 83.3 Å². The second kappa shape index (κ2) is 11.1. The zero-order valence-corrected chi connectivity index (χ0v) is 15.2. The Morgan fingerprint density at radius 1 is 0.760 bits per heavy atom. The SMILES string of the molecule is CCc1ccncc1.Oc1ccccc1N=Nc1ccccc1O.[Pd]. The molecule has 0 spiro atoms. The molecule has 3 rings (SSSR count). The number of pyridine rings is 1. The van der Waals surface area contributed by atoms with Crippen molar-refractivity contribution in [1.82, 2.24) is 4.98 Å². The Morgan fingerprint density at radius 2 is 1.20 bits per heavy atom. The zero-order chi connectivity index (χ0) is 17.2. The smallest absolute Gasteiger partial charge is 0.143 e. The van der Waals surface area contributed by atoms with Gasteiger partial charge in [-0.15, -0.1) is 10.2 Å². The maximum Gasteiger partial charge on any atom is 0.143 e. The standard InChI is InChI=1S/C12H10N2O2.C7H9N.Pd/c15-11-7-3-1-5-9(11)13-14-10-6-2-4-8-12(10)16;1-2-7-3-5-8-6-4-7;/h1-8,15-16H;3-6H,2H2,1H3;. The average Bonchev–Trinajstić information content (AvgIpc) is 2.63. The van der Waals surface area contributed by atoms with Crippen LogP contribution in [0.5, 0.6) is 11.5 Å². The van der Waals surface area contributed by atoms with Crippen LogP contribution in [0, 0.1) is 0 Å². The predicted molar refractivity (Wildman–Crippen MR) is 94.0 cm³/mol. The summed E-state index contributed by atoms with van der Waals surface area (Å²) in [5.41, 5.74) is 2.08. The Morgan fingerprint density at radius 3 is 1.56 bits per heavy atom. The molecule has 132 valence electrons. The van der Waals surface area contributed by atoms with Crippen molar-refractivity contribution in [2.45, 2.75) is 13.3 Å². The maximum absolute atomic E-state index is 9.44. The summed E-state index contributed by atoms with van der Waals surface area (Å²) in [5, 5.41) is 26.6. The number of hydrogen-bond acceptors (Lipinski definition) is 5. The van der Waals surface area contributed by atoms with Gasteiger partial charge in [-0.3, -0.25) is 4.98 Å². The second-order valence-electron chi connectivity index (χ2n) is 4.89. The van der Waals surface area contributed by atoms with Gasteiger partial charge >= 0.3 is 0 Å². The Hall–Kier alpha value is -2.55. The first-order chi connectivity index (χ1) is 11.7. The molecule has 25 heavy (non-hydrogen) atoms. The summed E-state index contributed by atoms with van der Waals surface area (Å²) in [6, 6.07) is 17.3. The van der Waals surface area contributed by atoms with Gasteiger partial charge < -0.3 is 10.2 Å². The number of benzene rings is 2. The molecule has 6 heteroatoms. The van der Waals surface area contributed by atoms with Crippen LogP contribution in [0.3, 0.4) is 0 Å². The molecule has 0 saturated heterocycles.